The second-order valence-electron chi connectivity index (χ2n) is 5.21. The lowest BCUT2D eigenvalue weighted by atomic mass is 9.83. The first-order valence-electron chi connectivity index (χ1n) is 6.36. The van der Waals surface area contributed by atoms with Crippen LogP contribution in [0.25, 0.3) is 0 Å². The first-order chi connectivity index (χ1) is 9.43. The molecule has 3 heteroatoms. The van der Waals surface area contributed by atoms with Gasteiger partial charge >= 0.3 is 5.97 Å². The quantitative estimate of drug-likeness (QED) is 0.866. The van der Waals surface area contributed by atoms with Gasteiger partial charge in [0.2, 0.25) is 0 Å². The van der Waals surface area contributed by atoms with Crippen LogP contribution in [0.1, 0.15) is 35.3 Å². The second kappa shape index (κ2) is 5.29. The van der Waals surface area contributed by atoms with Gasteiger partial charge in [-0.2, -0.15) is 0 Å². The first kappa shape index (κ1) is 14.0. The van der Waals surface area contributed by atoms with Crippen LogP contribution in [-0.4, -0.2) is 16.9 Å². The number of benzene rings is 2. The summed E-state index contributed by atoms with van der Waals surface area (Å²) < 4.78 is 0. The van der Waals surface area contributed by atoms with E-state index in [2.05, 4.69) is 0 Å². The predicted molar refractivity (Wildman–Crippen MR) is 77.0 cm³/mol. The molecule has 0 spiro atoms. The molecule has 2 rings (SSSR count). The highest BCUT2D eigenvalue weighted by Crippen LogP contribution is 2.25. The minimum Gasteiger partial charge on any atom is -0.481 e. The summed E-state index contributed by atoms with van der Waals surface area (Å²) in [5.74, 6) is -1.02. The number of aliphatic carboxylic acids is 1. The van der Waals surface area contributed by atoms with Crippen molar-refractivity contribution < 1.29 is 14.7 Å². The van der Waals surface area contributed by atoms with Gasteiger partial charge in [0, 0.05) is 11.1 Å². The first-order valence-corrected chi connectivity index (χ1v) is 6.36. The highest BCUT2D eigenvalue weighted by Gasteiger charge is 2.29. The zero-order valence-corrected chi connectivity index (χ0v) is 11.5. The SMILES string of the molecule is CC(C)(C(=O)O)c1cccc(C(=O)c2ccccc2)c1. The molecule has 1 N–H and O–H groups in total. The maximum atomic E-state index is 12.3. The van der Waals surface area contributed by atoms with Crippen LogP contribution in [0.3, 0.4) is 0 Å². The van der Waals surface area contributed by atoms with Crippen molar-refractivity contribution >= 4 is 11.8 Å². The molecular formula is C17H16O3. The number of carbonyl (C=O) groups is 2. The number of carboxylic acids is 1. The van der Waals surface area contributed by atoms with E-state index in [1.807, 2.05) is 6.07 Å². The zero-order valence-electron chi connectivity index (χ0n) is 11.5. The van der Waals surface area contributed by atoms with E-state index in [1.54, 1.807) is 62.4 Å². The Hall–Kier alpha value is -2.42. The fourth-order valence-corrected chi connectivity index (χ4v) is 1.93. The molecular weight excluding hydrogens is 252 g/mol. The summed E-state index contributed by atoms with van der Waals surface area (Å²) >= 11 is 0. The van der Waals surface area contributed by atoms with Crippen LogP contribution in [0.2, 0.25) is 0 Å². The molecule has 0 bridgehead atoms. The largest absolute Gasteiger partial charge is 0.481 e. The van der Waals surface area contributed by atoms with Crippen LogP contribution in [0, 0.1) is 0 Å². The van der Waals surface area contributed by atoms with Crippen molar-refractivity contribution in [3.05, 3.63) is 71.3 Å². The summed E-state index contributed by atoms with van der Waals surface area (Å²) in [7, 11) is 0. The van der Waals surface area contributed by atoms with E-state index >= 15 is 0 Å². The molecule has 0 saturated heterocycles. The van der Waals surface area contributed by atoms with Crippen LogP contribution in [0.4, 0.5) is 0 Å². The lowest BCUT2D eigenvalue weighted by Gasteiger charge is -2.20. The molecule has 0 heterocycles. The Morgan fingerprint density at radius 2 is 1.50 bits per heavy atom. The Morgan fingerprint density at radius 1 is 0.900 bits per heavy atom. The minimum atomic E-state index is -1.02. The van der Waals surface area contributed by atoms with Crippen LogP contribution in [0.15, 0.2) is 54.6 Å². The Labute approximate surface area is 117 Å². The molecule has 0 aromatic heterocycles. The fraction of sp³-hybridized carbons (Fsp3) is 0.176. The predicted octanol–water partition coefficient (Wildman–Crippen LogP) is 3.28. The Morgan fingerprint density at radius 3 is 2.10 bits per heavy atom. The molecule has 0 radical (unpaired) electrons. The maximum Gasteiger partial charge on any atom is 0.313 e. The lowest BCUT2D eigenvalue weighted by Crippen LogP contribution is -2.28. The van der Waals surface area contributed by atoms with Gasteiger partial charge in [-0.3, -0.25) is 9.59 Å². The minimum absolute atomic E-state index is 0.103. The number of rotatable bonds is 4. The average molecular weight is 268 g/mol. The topological polar surface area (TPSA) is 54.4 Å². The highest BCUT2D eigenvalue weighted by molar-refractivity contribution is 6.09. The van der Waals surface area contributed by atoms with Crippen molar-refractivity contribution in [3.63, 3.8) is 0 Å². The van der Waals surface area contributed by atoms with E-state index in [-0.39, 0.29) is 5.78 Å². The molecule has 0 fully saturated rings. The molecule has 2 aromatic rings. The van der Waals surface area contributed by atoms with E-state index in [0.717, 1.165) is 0 Å². The molecule has 0 aliphatic rings. The summed E-state index contributed by atoms with van der Waals surface area (Å²) in [4.78, 5) is 23.6. The fourth-order valence-electron chi connectivity index (χ4n) is 1.93. The molecule has 0 aliphatic carbocycles. The van der Waals surface area contributed by atoms with Gasteiger partial charge in [-0.25, -0.2) is 0 Å². The van der Waals surface area contributed by atoms with Crippen LogP contribution < -0.4 is 0 Å². The maximum absolute atomic E-state index is 12.3. The molecule has 0 aliphatic heterocycles. The van der Waals surface area contributed by atoms with Crippen molar-refractivity contribution in [1.29, 1.82) is 0 Å². The van der Waals surface area contributed by atoms with Gasteiger partial charge in [-0.05, 0) is 25.5 Å². The van der Waals surface area contributed by atoms with Gasteiger partial charge in [0.1, 0.15) is 0 Å². The van der Waals surface area contributed by atoms with Gasteiger partial charge in [-0.15, -0.1) is 0 Å². The van der Waals surface area contributed by atoms with Crippen LogP contribution >= 0.6 is 0 Å². The lowest BCUT2D eigenvalue weighted by molar-refractivity contribution is -0.142. The van der Waals surface area contributed by atoms with Crippen LogP contribution in [-0.2, 0) is 10.2 Å². The van der Waals surface area contributed by atoms with E-state index in [9.17, 15) is 14.7 Å². The van der Waals surface area contributed by atoms with Gasteiger partial charge in [-0.1, -0.05) is 48.5 Å². The van der Waals surface area contributed by atoms with E-state index in [4.69, 9.17) is 0 Å². The molecule has 0 amide bonds. The summed E-state index contributed by atoms with van der Waals surface area (Å²) in [6, 6.07) is 15.8. The normalized spacial score (nSPS) is 11.1. The third-order valence-electron chi connectivity index (χ3n) is 3.42. The zero-order chi connectivity index (χ0) is 14.8. The van der Waals surface area contributed by atoms with E-state index in [1.165, 1.54) is 0 Å². The number of hydrogen-bond acceptors (Lipinski definition) is 2. The summed E-state index contributed by atoms with van der Waals surface area (Å²) in [6.45, 7) is 3.25. The molecule has 102 valence electrons. The molecule has 2 aromatic carbocycles. The molecule has 3 nitrogen and oxygen atoms in total. The van der Waals surface area contributed by atoms with Gasteiger partial charge in [0.15, 0.2) is 5.78 Å². The van der Waals surface area contributed by atoms with Gasteiger partial charge < -0.3 is 5.11 Å². The molecule has 0 unspecified atom stereocenters. The van der Waals surface area contributed by atoms with Gasteiger partial charge in [0.25, 0.3) is 0 Å². The van der Waals surface area contributed by atoms with Gasteiger partial charge in [0.05, 0.1) is 5.41 Å². The number of hydrogen-bond donors (Lipinski definition) is 1. The second-order valence-corrected chi connectivity index (χ2v) is 5.21. The number of ketones is 1. The highest BCUT2D eigenvalue weighted by atomic mass is 16.4. The van der Waals surface area contributed by atoms with Crippen molar-refractivity contribution in [2.24, 2.45) is 0 Å². The Bertz CT molecular complexity index is 642. The third kappa shape index (κ3) is 2.62. The standard InChI is InChI=1S/C17H16O3/c1-17(2,16(19)20)14-10-6-9-13(11-14)15(18)12-7-4-3-5-8-12/h3-11H,1-2H3,(H,19,20). The van der Waals surface area contributed by atoms with Crippen molar-refractivity contribution in [2.45, 2.75) is 19.3 Å². The third-order valence-corrected chi connectivity index (χ3v) is 3.42. The van der Waals surface area contributed by atoms with Crippen LogP contribution in [0.5, 0.6) is 0 Å². The summed E-state index contributed by atoms with van der Waals surface area (Å²) in [6.07, 6.45) is 0. The number of carboxylic acid groups (broad SMARTS) is 1. The van der Waals surface area contributed by atoms with Crippen molar-refractivity contribution in [2.75, 3.05) is 0 Å². The Kier molecular flexibility index (Phi) is 3.70. The summed E-state index contributed by atoms with van der Waals surface area (Å²) in [5.41, 5.74) is 0.695. The molecule has 0 saturated carbocycles. The van der Waals surface area contributed by atoms with E-state index < -0.39 is 11.4 Å². The number of carbonyl (C=O) groups excluding carboxylic acids is 1. The summed E-state index contributed by atoms with van der Waals surface area (Å²) in [5, 5.41) is 9.26. The van der Waals surface area contributed by atoms with Crippen molar-refractivity contribution in [1.82, 2.24) is 0 Å². The molecule has 0 atom stereocenters. The van der Waals surface area contributed by atoms with Crippen molar-refractivity contribution in [3.8, 4) is 0 Å². The Balaban J connectivity index is 2.41. The van der Waals surface area contributed by atoms with E-state index in [0.29, 0.717) is 16.7 Å². The monoisotopic (exact) mass is 268 g/mol. The smallest absolute Gasteiger partial charge is 0.313 e. The molecule has 20 heavy (non-hydrogen) atoms. The average Bonchev–Trinajstić information content (AvgIpc) is 2.47.